The summed E-state index contributed by atoms with van der Waals surface area (Å²) in [4.78, 5) is 34.7. The monoisotopic (exact) mass is 367 g/mol. The van der Waals surface area contributed by atoms with Crippen molar-refractivity contribution >= 4 is 18.3 Å². The second kappa shape index (κ2) is 11.3. The Morgan fingerprint density at radius 2 is 1.44 bits per heavy atom. The molecule has 27 heavy (non-hydrogen) atoms. The highest BCUT2D eigenvalue weighted by molar-refractivity contribution is 5.81. The molecule has 6 nitrogen and oxygen atoms in total. The standard InChI is InChI=1S/C21H21NO5/c23-14-8-7-13-19(20(24)26-15-17-9-3-1-4-10-17)22-21(25)27-16-18-11-5-2-6-12-18/h1-12,14,19H,13,15-16H2,(H,22,25)/b8-7+/t19-/m0/s1. The first-order valence-corrected chi connectivity index (χ1v) is 8.47. The molecule has 0 fully saturated rings. The van der Waals surface area contributed by atoms with Crippen molar-refractivity contribution in [3.8, 4) is 0 Å². The van der Waals surface area contributed by atoms with Crippen molar-refractivity contribution in [2.45, 2.75) is 25.7 Å². The summed E-state index contributed by atoms with van der Waals surface area (Å²) < 4.78 is 10.4. The lowest BCUT2D eigenvalue weighted by atomic mass is 10.2. The van der Waals surface area contributed by atoms with Gasteiger partial charge in [-0.2, -0.15) is 0 Å². The van der Waals surface area contributed by atoms with Gasteiger partial charge < -0.3 is 14.8 Å². The molecule has 1 amide bonds. The number of allylic oxidation sites excluding steroid dienone is 1. The zero-order valence-electron chi connectivity index (χ0n) is 14.7. The normalized spacial score (nSPS) is 11.6. The van der Waals surface area contributed by atoms with Gasteiger partial charge in [-0.15, -0.1) is 0 Å². The smallest absolute Gasteiger partial charge is 0.408 e. The minimum Gasteiger partial charge on any atom is -0.459 e. The van der Waals surface area contributed by atoms with E-state index in [2.05, 4.69) is 5.32 Å². The van der Waals surface area contributed by atoms with Crippen molar-refractivity contribution in [1.29, 1.82) is 0 Å². The third-order valence-corrected chi connectivity index (χ3v) is 3.60. The summed E-state index contributed by atoms with van der Waals surface area (Å²) in [6, 6.07) is 17.4. The van der Waals surface area contributed by atoms with E-state index in [4.69, 9.17) is 9.47 Å². The van der Waals surface area contributed by atoms with Gasteiger partial charge in [-0.3, -0.25) is 4.79 Å². The van der Waals surface area contributed by atoms with Gasteiger partial charge in [-0.05, 0) is 23.6 Å². The van der Waals surface area contributed by atoms with Gasteiger partial charge in [0.05, 0.1) is 0 Å². The van der Waals surface area contributed by atoms with E-state index in [1.54, 1.807) is 0 Å². The predicted molar refractivity (Wildman–Crippen MR) is 99.6 cm³/mol. The first kappa shape index (κ1) is 19.9. The molecule has 0 saturated heterocycles. The Morgan fingerprint density at radius 3 is 2.00 bits per heavy atom. The Hall–Kier alpha value is -3.41. The molecule has 6 heteroatoms. The summed E-state index contributed by atoms with van der Waals surface area (Å²) in [5, 5.41) is 2.48. The van der Waals surface area contributed by atoms with E-state index in [-0.39, 0.29) is 19.6 Å². The van der Waals surface area contributed by atoms with Gasteiger partial charge in [-0.25, -0.2) is 9.59 Å². The van der Waals surface area contributed by atoms with Crippen molar-refractivity contribution in [3.05, 3.63) is 83.9 Å². The number of ether oxygens (including phenoxy) is 2. The molecule has 0 aliphatic rings. The third kappa shape index (κ3) is 7.56. The van der Waals surface area contributed by atoms with Crippen molar-refractivity contribution in [2.24, 2.45) is 0 Å². The highest BCUT2D eigenvalue weighted by Crippen LogP contribution is 2.06. The number of benzene rings is 2. The first-order valence-electron chi connectivity index (χ1n) is 8.47. The number of carbonyl (C=O) groups is 3. The topological polar surface area (TPSA) is 81.7 Å². The summed E-state index contributed by atoms with van der Waals surface area (Å²) in [6.45, 7) is 0.178. The minimum absolute atomic E-state index is 0.0859. The van der Waals surface area contributed by atoms with E-state index in [9.17, 15) is 14.4 Å². The number of amides is 1. The van der Waals surface area contributed by atoms with Crippen molar-refractivity contribution in [3.63, 3.8) is 0 Å². The SMILES string of the molecule is O=C/C=C/C[C@H](NC(=O)OCc1ccccc1)C(=O)OCc1ccccc1. The Kier molecular flexibility index (Phi) is 8.30. The summed E-state index contributed by atoms with van der Waals surface area (Å²) in [7, 11) is 0. The maximum absolute atomic E-state index is 12.3. The molecule has 0 aliphatic carbocycles. The molecule has 0 unspecified atom stereocenters. The van der Waals surface area contributed by atoms with Crippen LogP contribution in [0.15, 0.2) is 72.8 Å². The number of esters is 1. The summed E-state index contributed by atoms with van der Waals surface area (Å²) >= 11 is 0. The molecule has 0 radical (unpaired) electrons. The number of carbonyl (C=O) groups excluding carboxylic acids is 3. The number of rotatable bonds is 9. The molecule has 0 aliphatic heterocycles. The second-order valence-electron chi connectivity index (χ2n) is 5.65. The molecule has 2 rings (SSSR count). The van der Waals surface area contributed by atoms with Crippen molar-refractivity contribution < 1.29 is 23.9 Å². The minimum atomic E-state index is -0.951. The maximum Gasteiger partial charge on any atom is 0.408 e. The Balaban J connectivity index is 1.89. The second-order valence-corrected chi connectivity index (χ2v) is 5.65. The van der Waals surface area contributed by atoms with E-state index in [1.165, 1.54) is 12.2 Å². The fraction of sp³-hybridized carbons (Fsp3) is 0.190. The lowest BCUT2D eigenvalue weighted by Gasteiger charge is -2.16. The van der Waals surface area contributed by atoms with Gasteiger partial charge >= 0.3 is 12.1 Å². The van der Waals surface area contributed by atoms with Crippen LogP contribution in [0.4, 0.5) is 4.79 Å². The lowest BCUT2D eigenvalue weighted by Crippen LogP contribution is -2.41. The molecule has 1 atom stereocenters. The third-order valence-electron chi connectivity index (χ3n) is 3.60. The molecule has 140 valence electrons. The number of hydrogen-bond donors (Lipinski definition) is 1. The van der Waals surface area contributed by atoms with Crippen molar-refractivity contribution in [2.75, 3.05) is 0 Å². The average molecular weight is 367 g/mol. The first-order chi connectivity index (χ1) is 13.2. The molecule has 0 bridgehead atoms. The van der Waals surface area contributed by atoms with Gasteiger partial charge in [0.15, 0.2) is 0 Å². The number of hydrogen-bond acceptors (Lipinski definition) is 5. The molecule has 2 aromatic carbocycles. The van der Waals surface area contributed by atoms with E-state index in [1.807, 2.05) is 60.7 Å². The van der Waals surface area contributed by atoms with E-state index in [0.717, 1.165) is 11.1 Å². The van der Waals surface area contributed by atoms with Gasteiger partial charge in [0, 0.05) is 0 Å². The van der Waals surface area contributed by atoms with Crippen LogP contribution in [0, 0.1) is 0 Å². The summed E-state index contributed by atoms with van der Waals surface area (Å²) in [5.74, 6) is -0.605. The Morgan fingerprint density at radius 1 is 0.889 bits per heavy atom. The van der Waals surface area contributed by atoms with E-state index in [0.29, 0.717) is 6.29 Å². The number of nitrogens with one attached hydrogen (secondary N) is 1. The Bertz CT molecular complexity index is 759. The highest BCUT2D eigenvalue weighted by Gasteiger charge is 2.22. The van der Waals surface area contributed by atoms with Gasteiger partial charge in [0.25, 0.3) is 0 Å². The van der Waals surface area contributed by atoms with E-state index >= 15 is 0 Å². The zero-order valence-corrected chi connectivity index (χ0v) is 14.7. The number of aldehydes is 1. The highest BCUT2D eigenvalue weighted by atomic mass is 16.6. The molecular weight excluding hydrogens is 346 g/mol. The summed E-state index contributed by atoms with van der Waals surface area (Å²) in [5.41, 5.74) is 1.66. The molecule has 1 N–H and O–H groups in total. The van der Waals surface area contributed by atoms with Crippen LogP contribution in [0.25, 0.3) is 0 Å². The van der Waals surface area contributed by atoms with Gasteiger partial charge in [0.2, 0.25) is 0 Å². The molecular formula is C21H21NO5. The molecule has 2 aromatic rings. The van der Waals surface area contributed by atoms with Crippen LogP contribution in [0.5, 0.6) is 0 Å². The largest absolute Gasteiger partial charge is 0.459 e. The number of alkyl carbamates (subject to hydrolysis) is 1. The van der Waals surface area contributed by atoms with E-state index < -0.39 is 18.1 Å². The molecule has 0 heterocycles. The average Bonchev–Trinajstić information content (AvgIpc) is 2.71. The molecule has 0 saturated carbocycles. The van der Waals surface area contributed by atoms with Crippen LogP contribution < -0.4 is 5.32 Å². The summed E-state index contributed by atoms with van der Waals surface area (Å²) in [6.07, 6.45) is 2.72. The lowest BCUT2D eigenvalue weighted by molar-refractivity contribution is -0.147. The van der Waals surface area contributed by atoms with Gasteiger partial charge in [0.1, 0.15) is 25.5 Å². The fourth-order valence-electron chi connectivity index (χ4n) is 2.22. The van der Waals surface area contributed by atoms with Crippen LogP contribution in [0.3, 0.4) is 0 Å². The Labute approximate surface area is 157 Å². The fourth-order valence-corrected chi connectivity index (χ4v) is 2.22. The molecule has 0 aromatic heterocycles. The maximum atomic E-state index is 12.3. The van der Waals surface area contributed by atoms with Crippen molar-refractivity contribution in [1.82, 2.24) is 5.32 Å². The molecule has 0 spiro atoms. The van der Waals surface area contributed by atoms with Crippen LogP contribution in [0.1, 0.15) is 17.5 Å². The van der Waals surface area contributed by atoms with Crippen LogP contribution in [-0.2, 0) is 32.3 Å². The van der Waals surface area contributed by atoms with Gasteiger partial charge in [-0.1, -0.05) is 66.7 Å². The zero-order chi connectivity index (χ0) is 19.3. The predicted octanol–water partition coefficient (Wildman–Crippen LogP) is 3.17. The van der Waals surface area contributed by atoms with Crippen LogP contribution in [0.2, 0.25) is 0 Å². The quantitative estimate of drug-likeness (QED) is 0.418. The van der Waals surface area contributed by atoms with Crippen LogP contribution in [-0.4, -0.2) is 24.4 Å². The van der Waals surface area contributed by atoms with Crippen LogP contribution >= 0.6 is 0 Å².